The summed E-state index contributed by atoms with van der Waals surface area (Å²) in [4.78, 5) is 39.2. The average molecular weight is 405 g/mol. The number of para-hydroxylation sites is 1. The van der Waals surface area contributed by atoms with E-state index in [0.29, 0.717) is 28.3 Å². The van der Waals surface area contributed by atoms with Gasteiger partial charge < -0.3 is 16.0 Å². The molecule has 3 N–H and O–H groups in total. The third-order valence-electron chi connectivity index (χ3n) is 5.55. The number of carbonyl (C=O) groups excluding carboxylic acids is 3. The summed E-state index contributed by atoms with van der Waals surface area (Å²) in [5, 5.41) is 7.17. The number of aromatic nitrogens is 2. The van der Waals surface area contributed by atoms with Crippen LogP contribution in [0.5, 0.6) is 0 Å². The monoisotopic (exact) mass is 405 g/mol. The number of benzene rings is 2. The number of rotatable bonds is 3. The molecule has 150 valence electrons. The molecule has 0 fully saturated rings. The lowest BCUT2D eigenvalue weighted by Gasteiger charge is -2.32. The maximum absolute atomic E-state index is 14.2. The van der Waals surface area contributed by atoms with Crippen LogP contribution in [0.4, 0.5) is 15.9 Å². The number of primary amides is 1. The molecule has 0 radical (unpaired) electrons. The number of carbonyl (C=O) groups is 3. The van der Waals surface area contributed by atoms with Gasteiger partial charge in [0.25, 0.3) is 0 Å². The molecule has 0 saturated carbocycles. The molecule has 8 nitrogen and oxygen atoms in total. The third kappa shape index (κ3) is 2.38. The van der Waals surface area contributed by atoms with E-state index in [4.69, 9.17) is 5.73 Å². The molecule has 1 spiro atoms. The molecular formula is C21H16FN5O3. The molecule has 0 unspecified atom stereocenters. The second kappa shape index (κ2) is 6.24. The summed E-state index contributed by atoms with van der Waals surface area (Å²) >= 11 is 0. The number of fused-ring (bicyclic) bond motifs is 4. The number of nitrogens with one attached hydrogen (secondary N) is 1. The second-order valence-corrected chi connectivity index (χ2v) is 7.30. The van der Waals surface area contributed by atoms with Gasteiger partial charge in [0.2, 0.25) is 17.7 Å². The van der Waals surface area contributed by atoms with Gasteiger partial charge >= 0.3 is 0 Å². The van der Waals surface area contributed by atoms with E-state index in [1.165, 1.54) is 34.0 Å². The molecule has 9 heteroatoms. The minimum atomic E-state index is -1.49. The number of anilines is 2. The average Bonchev–Trinajstić information content (AvgIpc) is 3.23. The summed E-state index contributed by atoms with van der Waals surface area (Å²) in [7, 11) is 0. The smallest absolute Gasteiger partial charge is 0.243 e. The van der Waals surface area contributed by atoms with Gasteiger partial charge in [-0.2, -0.15) is 5.10 Å². The summed E-state index contributed by atoms with van der Waals surface area (Å²) in [5.41, 5.74) is 5.65. The zero-order chi connectivity index (χ0) is 21.0. The van der Waals surface area contributed by atoms with E-state index in [0.717, 1.165) is 0 Å². The minimum Gasteiger partial charge on any atom is -0.368 e. The molecule has 0 bridgehead atoms. The van der Waals surface area contributed by atoms with Crippen molar-refractivity contribution in [3.8, 4) is 5.69 Å². The first-order valence-electron chi connectivity index (χ1n) is 9.26. The third-order valence-corrected chi connectivity index (χ3v) is 5.55. The number of hydrogen-bond donors (Lipinski definition) is 2. The van der Waals surface area contributed by atoms with E-state index in [1.807, 2.05) is 30.3 Å². The van der Waals surface area contributed by atoms with Crippen molar-refractivity contribution in [1.82, 2.24) is 9.78 Å². The van der Waals surface area contributed by atoms with E-state index in [-0.39, 0.29) is 13.0 Å². The molecule has 2 aliphatic rings. The van der Waals surface area contributed by atoms with Gasteiger partial charge in [-0.25, -0.2) is 9.07 Å². The predicted molar refractivity (Wildman–Crippen MR) is 106 cm³/mol. The lowest BCUT2D eigenvalue weighted by atomic mass is 9.71. The van der Waals surface area contributed by atoms with Gasteiger partial charge in [-0.3, -0.25) is 14.4 Å². The first-order valence-corrected chi connectivity index (χ1v) is 9.26. The number of amides is 3. The van der Waals surface area contributed by atoms with Crippen molar-refractivity contribution in [3.63, 3.8) is 0 Å². The Bertz CT molecular complexity index is 1220. The highest BCUT2D eigenvalue weighted by Crippen LogP contribution is 2.52. The number of nitrogens with zero attached hydrogens (tertiary/aromatic N) is 3. The van der Waals surface area contributed by atoms with Gasteiger partial charge in [0.05, 0.1) is 11.9 Å². The summed E-state index contributed by atoms with van der Waals surface area (Å²) in [6.45, 7) is -0.372. The Morgan fingerprint density at radius 2 is 1.93 bits per heavy atom. The lowest BCUT2D eigenvalue weighted by Crippen LogP contribution is -2.48. The summed E-state index contributed by atoms with van der Waals surface area (Å²) in [6, 6.07) is 13.0. The Morgan fingerprint density at radius 1 is 1.17 bits per heavy atom. The van der Waals surface area contributed by atoms with Crippen molar-refractivity contribution in [2.45, 2.75) is 11.8 Å². The van der Waals surface area contributed by atoms with Crippen LogP contribution in [0.1, 0.15) is 17.5 Å². The fourth-order valence-corrected chi connectivity index (χ4v) is 4.34. The number of hydrogen-bond acceptors (Lipinski definition) is 4. The van der Waals surface area contributed by atoms with E-state index >= 15 is 0 Å². The SMILES string of the molecule is NC(=O)CN1C(=O)[C@]2(CC(=O)Nc3c2cnn3-c2ccccc2)c2cc(F)ccc21. The molecule has 1 aromatic heterocycles. The Kier molecular flexibility index (Phi) is 3.76. The van der Waals surface area contributed by atoms with Crippen LogP contribution in [0, 0.1) is 5.82 Å². The van der Waals surface area contributed by atoms with Gasteiger partial charge in [-0.1, -0.05) is 18.2 Å². The molecule has 5 rings (SSSR count). The van der Waals surface area contributed by atoms with Crippen LogP contribution < -0.4 is 16.0 Å². The quantitative estimate of drug-likeness (QED) is 0.688. The summed E-state index contributed by atoms with van der Waals surface area (Å²) < 4.78 is 15.7. The molecule has 3 aromatic rings. The molecule has 0 saturated heterocycles. The van der Waals surface area contributed by atoms with E-state index in [1.54, 1.807) is 0 Å². The lowest BCUT2D eigenvalue weighted by molar-refractivity contribution is -0.127. The van der Waals surface area contributed by atoms with Crippen LogP contribution in [0.25, 0.3) is 5.69 Å². The normalized spacial score (nSPS) is 19.6. The van der Waals surface area contributed by atoms with Crippen LogP contribution in [0.15, 0.2) is 54.7 Å². The highest BCUT2D eigenvalue weighted by molar-refractivity contribution is 6.17. The molecule has 0 aliphatic carbocycles. The van der Waals surface area contributed by atoms with E-state index < -0.39 is 29.0 Å². The van der Waals surface area contributed by atoms with Gasteiger partial charge in [-0.15, -0.1) is 0 Å². The molecular weight excluding hydrogens is 389 g/mol. The van der Waals surface area contributed by atoms with Crippen LogP contribution in [0.3, 0.4) is 0 Å². The molecule has 2 aromatic carbocycles. The molecule has 3 amide bonds. The Labute approximate surface area is 170 Å². The first-order chi connectivity index (χ1) is 14.4. The van der Waals surface area contributed by atoms with Crippen LogP contribution in [-0.4, -0.2) is 34.0 Å². The van der Waals surface area contributed by atoms with Crippen LogP contribution in [0.2, 0.25) is 0 Å². The number of nitrogens with two attached hydrogens (primary N) is 1. The fraction of sp³-hybridized carbons (Fsp3) is 0.143. The first kappa shape index (κ1) is 18.0. The fourth-order valence-electron chi connectivity index (χ4n) is 4.34. The maximum Gasteiger partial charge on any atom is 0.243 e. The Morgan fingerprint density at radius 3 is 2.67 bits per heavy atom. The topological polar surface area (TPSA) is 110 Å². The highest BCUT2D eigenvalue weighted by Gasteiger charge is 2.57. The second-order valence-electron chi connectivity index (χ2n) is 7.30. The maximum atomic E-state index is 14.2. The molecule has 1 atom stereocenters. The zero-order valence-corrected chi connectivity index (χ0v) is 15.6. The van der Waals surface area contributed by atoms with E-state index in [2.05, 4.69) is 10.4 Å². The van der Waals surface area contributed by atoms with Crippen molar-refractivity contribution < 1.29 is 18.8 Å². The number of halogens is 1. The molecule has 2 aliphatic heterocycles. The van der Waals surface area contributed by atoms with Crippen molar-refractivity contribution in [2.24, 2.45) is 5.73 Å². The standard InChI is InChI=1S/C21H16FN5O3/c22-12-6-7-16-14(8-12)21(20(30)26(16)11-17(23)28)9-18(29)25-19-15(21)10-24-27(19)13-4-2-1-3-5-13/h1-8,10H,9,11H2,(H2,23,28)(H,25,29)/t21-/m1/s1. The van der Waals surface area contributed by atoms with Gasteiger partial charge in [0.1, 0.15) is 23.6 Å². The van der Waals surface area contributed by atoms with Crippen molar-refractivity contribution in [1.29, 1.82) is 0 Å². The summed E-state index contributed by atoms with van der Waals surface area (Å²) in [5.74, 6) is -1.85. The minimum absolute atomic E-state index is 0.231. The van der Waals surface area contributed by atoms with Crippen molar-refractivity contribution in [2.75, 3.05) is 16.8 Å². The molecule has 30 heavy (non-hydrogen) atoms. The van der Waals surface area contributed by atoms with Gasteiger partial charge in [-0.05, 0) is 35.9 Å². The van der Waals surface area contributed by atoms with Crippen LogP contribution in [-0.2, 0) is 19.8 Å². The predicted octanol–water partition coefficient (Wildman–Crippen LogP) is 1.47. The van der Waals surface area contributed by atoms with Crippen molar-refractivity contribution >= 4 is 29.2 Å². The highest BCUT2D eigenvalue weighted by atomic mass is 19.1. The Balaban J connectivity index is 1.77. The van der Waals surface area contributed by atoms with Gasteiger partial charge in [0, 0.05) is 17.7 Å². The van der Waals surface area contributed by atoms with Gasteiger partial charge in [0.15, 0.2) is 0 Å². The largest absolute Gasteiger partial charge is 0.368 e. The summed E-state index contributed by atoms with van der Waals surface area (Å²) in [6.07, 6.45) is 1.27. The Hall–Kier alpha value is -4.01. The zero-order valence-electron chi connectivity index (χ0n) is 15.6. The van der Waals surface area contributed by atoms with E-state index in [9.17, 15) is 18.8 Å². The van der Waals surface area contributed by atoms with Crippen LogP contribution >= 0.6 is 0 Å². The molecule has 3 heterocycles. The van der Waals surface area contributed by atoms with Crippen molar-refractivity contribution in [3.05, 3.63) is 71.7 Å².